The van der Waals surface area contributed by atoms with Crippen molar-refractivity contribution in [3.8, 4) is 0 Å². The van der Waals surface area contributed by atoms with Crippen LogP contribution in [-0.4, -0.2) is 47.7 Å². The number of carbonyl (C=O) groups is 1. The first kappa shape index (κ1) is 16.1. The first-order valence-electron chi connectivity index (χ1n) is 6.77. The van der Waals surface area contributed by atoms with Gasteiger partial charge < -0.3 is 19.8 Å². The lowest BCUT2D eigenvalue weighted by Crippen LogP contribution is -2.32. The maximum absolute atomic E-state index is 13.8. The van der Waals surface area contributed by atoms with Crippen LogP contribution in [0.2, 0.25) is 0 Å². The number of carboxylic acids is 1. The van der Waals surface area contributed by atoms with Gasteiger partial charge in [-0.1, -0.05) is 12.1 Å². The van der Waals surface area contributed by atoms with Crippen LogP contribution in [0.15, 0.2) is 24.4 Å². The van der Waals surface area contributed by atoms with E-state index in [-0.39, 0.29) is 23.3 Å². The van der Waals surface area contributed by atoms with Gasteiger partial charge in [-0.15, -0.1) is 0 Å². The molecule has 22 heavy (non-hydrogen) atoms. The minimum absolute atomic E-state index is 0.0454. The lowest BCUT2D eigenvalue weighted by Gasteiger charge is -2.25. The Hall–Kier alpha value is -2.25. The molecule has 2 aromatic rings. The smallest absolute Gasteiger partial charge is 0.339 e. The number of likely N-dealkylation sites (N-methyl/N-ethyl adjacent to an activating group) is 1. The van der Waals surface area contributed by atoms with Gasteiger partial charge in [0, 0.05) is 25.2 Å². The van der Waals surface area contributed by atoms with Crippen molar-refractivity contribution in [2.24, 2.45) is 0 Å². The number of fused-ring (bicyclic) bond motifs is 1. The van der Waals surface area contributed by atoms with E-state index in [1.165, 1.54) is 17.0 Å². The Balaban J connectivity index is 2.55. The molecule has 118 valence electrons. The second kappa shape index (κ2) is 6.67. The van der Waals surface area contributed by atoms with E-state index in [9.17, 15) is 19.4 Å². The molecule has 6 nitrogen and oxygen atoms in total. The van der Waals surface area contributed by atoms with Gasteiger partial charge >= 0.3 is 5.97 Å². The number of aliphatic hydroxyl groups is 1. The van der Waals surface area contributed by atoms with Crippen molar-refractivity contribution in [3.05, 3.63) is 35.8 Å². The van der Waals surface area contributed by atoms with E-state index in [4.69, 9.17) is 4.74 Å². The summed E-state index contributed by atoms with van der Waals surface area (Å²) in [6.07, 6.45) is 0.0422. The molecule has 1 atom stereocenters. The molecule has 0 aliphatic carbocycles. The first-order valence-corrected chi connectivity index (χ1v) is 6.77. The fourth-order valence-electron chi connectivity index (χ4n) is 2.31. The monoisotopic (exact) mass is 308 g/mol. The minimum atomic E-state index is -1.17. The molecule has 0 aliphatic rings. The number of hydrogen-bond acceptors (Lipinski definition) is 5. The summed E-state index contributed by atoms with van der Waals surface area (Å²) in [6.45, 7) is 2.11. The summed E-state index contributed by atoms with van der Waals surface area (Å²) in [7, 11) is 1.61. The van der Waals surface area contributed by atoms with Crippen molar-refractivity contribution in [3.63, 3.8) is 0 Å². The highest BCUT2D eigenvalue weighted by Gasteiger charge is 2.21. The Morgan fingerprint density at radius 2 is 2.23 bits per heavy atom. The number of para-hydroxylation sites is 1. The van der Waals surface area contributed by atoms with Crippen LogP contribution in [0.1, 0.15) is 17.3 Å². The Kier molecular flexibility index (Phi) is 4.89. The van der Waals surface area contributed by atoms with Crippen LogP contribution in [0.25, 0.3) is 10.9 Å². The summed E-state index contributed by atoms with van der Waals surface area (Å²) in [5.41, 5.74) is 0.306. The van der Waals surface area contributed by atoms with Gasteiger partial charge in [-0.2, -0.15) is 0 Å². The quantitative estimate of drug-likeness (QED) is 0.793. The maximum Gasteiger partial charge on any atom is 0.339 e. The second-order valence-corrected chi connectivity index (χ2v) is 4.75. The highest BCUT2D eigenvalue weighted by Crippen LogP contribution is 2.30. The van der Waals surface area contributed by atoms with Gasteiger partial charge in [-0.3, -0.25) is 4.98 Å². The average molecular weight is 308 g/mol. The fourth-order valence-corrected chi connectivity index (χ4v) is 2.31. The summed E-state index contributed by atoms with van der Waals surface area (Å²) in [5, 5.41) is 19.4. The number of anilines is 1. The van der Waals surface area contributed by atoms with Gasteiger partial charge in [0.15, 0.2) is 6.29 Å². The zero-order valence-electron chi connectivity index (χ0n) is 12.3. The van der Waals surface area contributed by atoms with Crippen molar-refractivity contribution < 1.29 is 24.1 Å². The zero-order chi connectivity index (χ0) is 16.3. The number of pyridine rings is 1. The Bertz CT molecular complexity index is 693. The SMILES string of the molecule is CCOC(O)CN(C)c1c(C(=O)O)cnc2c(F)cccc12. The predicted octanol–water partition coefficient (Wildman–Crippen LogP) is 1.86. The van der Waals surface area contributed by atoms with Gasteiger partial charge in [-0.05, 0) is 13.0 Å². The lowest BCUT2D eigenvalue weighted by molar-refractivity contribution is -0.0868. The normalized spacial score (nSPS) is 12.4. The van der Waals surface area contributed by atoms with E-state index >= 15 is 0 Å². The van der Waals surface area contributed by atoms with E-state index in [0.29, 0.717) is 12.0 Å². The summed E-state index contributed by atoms with van der Waals surface area (Å²) < 4.78 is 18.9. The van der Waals surface area contributed by atoms with Crippen molar-refractivity contribution in [2.75, 3.05) is 25.1 Å². The standard InChI is InChI=1S/C15H17FN2O4/c1-3-22-12(19)8-18(2)14-9-5-4-6-11(16)13(9)17-7-10(14)15(20)21/h4-7,12,19H,3,8H2,1-2H3,(H,20,21). The van der Waals surface area contributed by atoms with Crippen molar-refractivity contribution in [2.45, 2.75) is 13.2 Å². The number of aromatic nitrogens is 1. The molecule has 0 spiro atoms. The third-order valence-electron chi connectivity index (χ3n) is 3.22. The number of rotatable bonds is 6. The van der Waals surface area contributed by atoms with Crippen molar-refractivity contribution in [1.29, 1.82) is 0 Å². The molecular formula is C15H17FN2O4. The van der Waals surface area contributed by atoms with Gasteiger partial charge in [-0.25, -0.2) is 9.18 Å². The molecule has 1 heterocycles. The van der Waals surface area contributed by atoms with Crippen molar-refractivity contribution >= 4 is 22.6 Å². The van der Waals surface area contributed by atoms with E-state index in [0.717, 1.165) is 6.20 Å². The first-order chi connectivity index (χ1) is 10.5. The molecule has 1 aromatic heterocycles. The molecule has 0 radical (unpaired) electrons. The number of benzene rings is 1. The molecule has 1 aromatic carbocycles. The molecule has 2 N–H and O–H groups in total. The van der Waals surface area contributed by atoms with Gasteiger partial charge in [0.1, 0.15) is 16.9 Å². The largest absolute Gasteiger partial charge is 0.478 e. The number of halogens is 1. The number of aliphatic hydroxyl groups excluding tert-OH is 1. The minimum Gasteiger partial charge on any atom is -0.478 e. The van der Waals surface area contributed by atoms with Gasteiger partial charge in [0.05, 0.1) is 12.2 Å². The topological polar surface area (TPSA) is 82.9 Å². The predicted molar refractivity (Wildman–Crippen MR) is 79.6 cm³/mol. The summed E-state index contributed by atoms with van der Waals surface area (Å²) in [5.74, 6) is -1.71. The summed E-state index contributed by atoms with van der Waals surface area (Å²) in [6, 6.07) is 4.34. The molecule has 7 heteroatoms. The van der Waals surface area contributed by atoms with E-state index in [1.54, 1.807) is 20.0 Å². The molecule has 0 fully saturated rings. The molecule has 0 saturated carbocycles. The van der Waals surface area contributed by atoms with Crippen LogP contribution in [-0.2, 0) is 4.74 Å². The summed E-state index contributed by atoms with van der Waals surface area (Å²) >= 11 is 0. The lowest BCUT2D eigenvalue weighted by atomic mass is 10.1. The molecule has 1 unspecified atom stereocenters. The Morgan fingerprint density at radius 3 is 2.86 bits per heavy atom. The number of hydrogen-bond donors (Lipinski definition) is 2. The summed E-state index contributed by atoms with van der Waals surface area (Å²) in [4.78, 5) is 16.8. The van der Waals surface area contributed by atoms with Crippen LogP contribution in [0.3, 0.4) is 0 Å². The molecule has 0 amide bonds. The third-order valence-corrected chi connectivity index (χ3v) is 3.22. The molecular weight excluding hydrogens is 291 g/mol. The van der Waals surface area contributed by atoms with Crippen LogP contribution in [0, 0.1) is 5.82 Å². The van der Waals surface area contributed by atoms with Gasteiger partial charge in [0.25, 0.3) is 0 Å². The number of nitrogens with zero attached hydrogens (tertiary/aromatic N) is 2. The molecule has 0 aliphatic heterocycles. The zero-order valence-corrected chi connectivity index (χ0v) is 12.3. The third kappa shape index (κ3) is 3.15. The Labute approximate surface area is 126 Å². The molecule has 0 bridgehead atoms. The van der Waals surface area contributed by atoms with Gasteiger partial charge in [0.2, 0.25) is 0 Å². The highest BCUT2D eigenvalue weighted by molar-refractivity contribution is 6.04. The number of aromatic carboxylic acids is 1. The average Bonchev–Trinajstić information content (AvgIpc) is 2.46. The van der Waals surface area contributed by atoms with Crippen LogP contribution >= 0.6 is 0 Å². The second-order valence-electron chi connectivity index (χ2n) is 4.75. The van der Waals surface area contributed by atoms with E-state index in [1.807, 2.05) is 0 Å². The fraction of sp³-hybridized carbons (Fsp3) is 0.333. The Morgan fingerprint density at radius 1 is 1.50 bits per heavy atom. The van der Waals surface area contributed by atoms with E-state index in [2.05, 4.69) is 4.98 Å². The van der Waals surface area contributed by atoms with Crippen LogP contribution in [0.4, 0.5) is 10.1 Å². The molecule has 2 rings (SSSR count). The molecule has 0 saturated heterocycles. The van der Waals surface area contributed by atoms with Crippen LogP contribution in [0.5, 0.6) is 0 Å². The van der Waals surface area contributed by atoms with Crippen molar-refractivity contribution in [1.82, 2.24) is 4.98 Å². The van der Waals surface area contributed by atoms with Crippen LogP contribution < -0.4 is 4.90 Å². The highest BCUT2D eigenvalue weighted by atomic mass is 19.1. The number of ether oxygens (including phenoxy) is 1. The van der Waals surface area contributed by atoms with E-state index < -0.39 is 18.1 Å². The number of carboxylic acid groups (broad SMARTS) is 1. The maximum atomic E-state index is 13.8.